The van der Waals surface area contributed by atoms with E-state index in [0.717, 1.165) is 17.8 Å². The number of aromatic amines is 1. The first-order valence-corrected chi connectivity index (χ1v) is 5.57. The minimum atomic E-state index is -4.37. The maximum atomic E-state index is 12.4. The normalized spacial score (nSPS) is 11.6. The minimum Gasteiger partial charge on any atom is -0.378 e. The first-order chi connectivity index (χ1) is 8.47. The predicted molar refractivity (Wildman–Crippen MR) is 64.6 cm³/mol. The van der Waals surface area contributed by atoms with Crippen LogP contribution in [-0.2, 0) is 12.7 Å². The summed E-state index contributed by atoms with van der Waals surface area (Å²) in [5.74, 6) is 0. The summed E-state index contributed by atoms with van der Waals surface area (Å²) in [4.78, 5) is 2.98. The summed E-state index contributed by atoms with van der Waals surface area (Å²) in [6.45, 7) is 0.470. The van der Waals surface area contributed by atoms with E-state index in [1.54, 1.807) is 6.20 Å². The summed E-state index contributed by atoms with van der Waals surface area (Å²) >= 11 is 5.80. The van der Waals surface area contributed by atoms with Crippen LogP contribution in [0.15, 0.2) is 36.5 Å². The number of anilines is 1. The molecular formula is C12H10ClF3N2. The van der Waals surface area contributed by atoms with Crippen molar-refractivity contribution in [3.05, 3.63) is 52.8 Å². The van der Waals surface area contributed by atoms with E-state index in [1.165, 1.54) is 6.07 Å². The fraction of sp³-hybridized carbons (Fsp3) is 0.167. The number of halogens is 4. The van der Waals surface area contributed by atoms with Gasteiger partial charge in [-0.3, -0.25) is 0 Å². The molecule has 1 heterocycles. The Bertz CT molecular complexity index is 521. The molecule has 0 fully saturated rings. The summed E-state index contributed by atoms with van der Waals surface area (Å²) < 4.78 is 37.3. The van der Waals surface area contributed by atoms with Crippen molar-refractivity contribution in [2.75, 3.05) is 5.32 Å². The quantitative estimate of drug-likeness (QED) is 0.858. The van der Waals surface area contributed by atoms with E-state index >= 15 is 0 Å². The van der Waals surface area contributed by atoms with Crippen LogP contribution in [0.5, 0.6) is 0 Å². The van der Waals surface area contributed by atoms with Gasteiger partial charge in [0.25, 0.3) is 0 Å². The molecule has 96 valence electrons. The van der Waals surface area contributed by atoms with E-state index in [2.05, 4.69) is 10.3 Å². The molecule has 6 heteroatoms. The van der Waals surface area contributed by atoms with E-state index in [1.807, 2.05) is 12.1 Å². The zero-order valence-electron chi connectivity index (χ0n) is 9.18. The van der Waals surface area contributed by atoms with Crippen LogP contribution in [0, 0.1) is 0 Å². The van der Waals surface area contributed by atoms with Crippen molar-refractivity contribution in [3.63, 3.8) is 0 Å². The maximum absolute atomic E-state index is 12.4. The van der Waals surface area contributed by atoms with Crippen LogP contribution in [0.1, 0.15) is 11.3 Å². The van der Waals surface area contributed by atoms with E-state index in [0.29, 0.717) is 12.2 Å². The van der Waals surface area contributed by atoms with Gasteiger partial charge >= 0.3 is 6.18 Å². The van der Waals surface area contributed by atoms with Crippen LogP contribution in [0.3, 0.4) is 0 Å². The molecule has 0 radical (unpaired) electrons. The SMILES string of the molecule is FC(F)(F)c1ccc(NCc2ccc[nH]2)c(Cl)c1. The monoisotopic (exact) mass is 274 g/mol. The van der Waals surface area contributed by atoms with Crippen LogP contribution in [0.25, 0.3) is 0 Å². The number of H-pyrrole nitrogens is 1. The number of nitrogens with one attached hydrogen (secondary N) is 2. The third-order valence-electron chi connectivity index (χ3n) is 2.43. The second-order valence-electron chi connectivity index (χ2n) is 3.74. The third kappa shape index (κ3) is 2.98. The molecule has 18 heavy (non-hydrogen) atoms. The Labute approximate surface area is 107 Å². The lowest BCUT2D eigenvalue weighted by atomic mass is 10.2. The molecule has 0 amide bonds. The van der Waals surface area contributed by atoms with Gasteiger partial charge in [-0.15, -0.1) is 0 Å². The number of rotatable bonds is 3. The lowest BCUT2D eigenvalue weighted by Gasteiger charge is -2.11. The van der Waals surface area contributed by atoms with Crippen molar-refractivity contribution in [3.8, 4) is 0 Å². The van der Waals surface area contributed by atoms with Crippen molar-refractivity contribution in [1.82, 2.24) is 4.98 Å². The summed E-state index contributed by atoms with van der Waals surface area (Å²) in [6.07, 6.45) is -2.60. The molecule has 0 bridgehead atoms. The summed E-state index contributed by atoms with van der Waals surface area (Å²) in [6, 6.07) is 6.95. The molecule has 0 aliphatic heterocycles. The van der Waals surface area contributed by atoms with Crippen LogP contribution >= 0.6 is 11.6 Å². The second kappa shape index (κ2) is 4.94. The van der Waals surface area contributed by atoms with E-state index in [-0.39, 0.29) is 5.02 Å². The van der Waals surface area contributed by atoms with Gasteiger partial charge < -0.3 is 10.3 Å². The van der Waals surface area contributed by atoms with Crippen LogP contribution in [-0.4, -0.2) is 4.98 Å². The highest BCUT2D eigenvalue weighted by Gasteiger charge is 2.30. The zero-order valence-corrected chi connectivity index (χ0v) is 9.94. The van der Waals surface area contributed by atoms with Crippen molar-refractivity contribution < 1.29 is 13.2 Å². The Hall–Kier alpha value is -1.62. The van der Waals surface area contributed by atoms with E-state index in [4.69, 9.17) is 11.6 Å². The van der Waals surface area contributed by atoms with Crippen LogP contribution in [0.4, 0.5) is 18.9 Å². The largest absolute Gasteiger partial charge is 0.416 e. The summed E-state index contributed by atoms with van der Waals surface area (Å²) in [5.41, 5.74) is 0.642. The molecule has 0 atom stereocenters. The van der Waals surface area contributed by atoms with Crippen LogP contribution in [0.2, 0.25) is 5.02 Å². The Balaban J connectivity index is 2.10. The smallest absolute Gasteiger partial charge is 0.378 e. The van der Waals surface area contributed by atoms with Crippen molar-refractivity contribution in [1.29, 1.82) is 0 Å². The summed E-state index contributed by atoms with van der Waals surface area (Å²) in [5, 5.41) is 3.02. The molecular weight excluding hydrogens is 265 g/mol. The van der Waals surface area contributed by atoms with Gasteiger partial charge in [0, 0.05) is 11.9 Å². The molecule has 0 unspecified atom stereocenters. The van der Waals surface area contributed by atoms with E-state index < -0.39 is 11.7 Å². The maximum Gasteiger partial charge on any atom is 0.416 e. The average molecular weight is 275 g/mol. The van der Waals surface area contributed by atoms with Gasteiger partial charge in [0.1, 0.15) is 0 Å². The minimum absolute atomic E-state index is 0.0522. The first-order valence-electron chi connectivity index (χ1n) is 5.20. The van der Waals surface area contributed by atoms with Crippen molar-refractivity contribution in [2.45, 2.75) is 12.7 Å². The number of hydrogen-bond donors (Lipinski definition) is 2. The Morgan fingerprint density at radius 3 is 2.56 bits per heavy atom. The van der Waals surface area contributed by atoms with Gasteiger partial charge in [-0.1, -0.05) is 11.6 Å². The highest BCUT2D eigenvalue weighted by molar-refractivity contribution is 6.33. The molecule has 0 aliphatic carbocycles. The van der Waals surface area contributed by atoms with Gasteiger partial charge in [0.2, 0.25) is 0 Å². The Morgan fingerprint density at radius 2 is 2.00 bits per heavy atom. The van der Waals surface area contributed by atoms with Gasteiger partial charge in [-0.2, -0.15) is 13.2 Å². The number of hydrogen-bond acceptors (Lipinski definition) is 1. The van der Waals surface area contributed by atoms with Gasteiger partial charge in [-0.05, 0) is 30.3 Å². The number of aromatic nitrogens is 1. The average Bonchev–Trinajstić information content (AvgIpc) is 2.79. The highest BCUT2D eigenvalue weighted by atomic mass is 35.5. The fourth-order valence-corrected chi connectivity index (χ4v) is 1.75. The molecule has 0 aliphatic rings. The Kier molecular flexibility index (Phi) is 3.52. The Morgan fingerprint density at radius 1 is 1.22 bits per heavy atom. The fourth-order valence-electron chi connectivity index (χ4n) is 1.50. The molecule has 0 spiro atoms. The molecule has 1 aromatic heterocycles. The number of alkyl halides is 3. The second-order valence-corrected chi connectivity index (χ2v) is 4.15. The van der Waals surface area contributed by atoms with Gasteiger partial charge in [0.05, 0.1) is 22.8 Å². The van der Waals surface area contributed by atoms with E-state index in [9.17, 15) is 13.2 Å². The van der Waals surface area contributed by atoms with Crippen LogP contribution < -0.4 is 5.32 Å². The number of benzene rings is 1. The molecule has 2 N–H and O–H groups in total. The topological polar surface area (TPSA) is 27.8 Å². The molecule has 1 aromatic carbocycles. The zero-order chi connectivity index (χ0) is 13.2. The predicted octanol–water partition coefficient (Wildman–Crippen LogP) is 4.30. The first kappa shape index (κ1) is 12.8. The molecule has 0 saturated carbocycles. The standard InChI is InChI=1S/C12H10ClF3N2/c13-10-6-8(12(14,15)16)3-4-11(10)18-7-9-2-1-5-17-9/h1-6,17-18H,7H2. The molecule has 2 rings (SSSR count). The van der Waals surface area contributed by atoms with Gasteiger partial charge in [0.15, 0.2) is 0 Å². The van der Waals surface area contributed by atoms with Crippen molar-refractivity contribution in [2.24, 2.45) is 0 Å². The highest BCUT2D eigenvalue weighted by Crippen LogP contribution is 2.33. The molecule has 0 saturated heterocycles. The molecule has 2 nitrogen and oxygen atoms in total. The van der Waals surface area contributed by atoms with Gasteiger partial charge in [-0.25, -0.2) is 0 Å². The van der Waals surface area contributed by atoms with Crippen molar-refractivity contribution >= 4 is 17.3 Å². The lowest BCUT2D eigenvalue weighted by Crippen LogP contribution is -2.06. The third-order valence-corrected chi connectivity index (χ3v) is 2.74. The summed E-state index contributed by atoms with van der Waals surface area (Å²) in [7, 11) is 0. The lowest BCUT2D eigenvalue weighted by molar-refractivity contribution is -0.137. The molecule has 2 aromatic rings.